The van der Waals surface area contributed by atoms with Gasteiger partial charge in [0.05, 0.1) is 0 Å². The minimum absolute atomic E-state index is 0.840. The van der Waals surface area contributed by atoms with Crippen LogP contribution in [0.15, 0.2) is 60.7 Å². The SMILES string of the molecule is C[C@@H]1CCCCN(CCN(Cc2ccccc2)c2ccccc2)C1. The Kier molecular flexibility index (Phi) is 6.31. The average Bonchev–Trinajstić information content (AvgIpc) is 2.84. The fraction of sp³-hybridized carbons (Fsp3) is 0.455. The van der Waals surface area contributed by atoms with Gasteiger partial charge >= 0.3 is 0 Å². The number of rotatable bonds is 6. The number of likely N-dealkylation sites (tertiary alicyclic amines) is 1. The van der Waals surface area contributed by atoms with Gasteiger partial charge in [0.1, 0.15) is 0 Å². The predicted octanol–water partition coefficient (Wildman–Crippen LogP) is 4.82. The predicted molar refractivity (Wildman–Crippen MR) is 103 cm³/mol. The molecule has 2 nitrogen and oxygen atoms in total. The third-order valence-corrected chi connectivity index (χ3v) is 5.01. The molecule has 1 heterocycles. The van der Waals surface area contributed by atoms with Crippen molar-refractivity contribution in [2.24, 2.45) is 5.92 Å². The summed E-state index contributed by atoms with van der Waals surface area (Å²) in [6.07, 6.45) is 4.14. The molecule has 0 radical (unpaired) electrons. The van der Waals surface area contributed by atoms with E-state index in [2.05, 4.69) is 77.4 Å². The second-order valence-corrected chi connectivity index (χ2v) is 7.14. The highest BCUT2D eigenvalue weighted by molar-refractivity contribution is 5.46. The minimum atomic E-state index is 0.840. The quantitative estimate of drug-likeness (QED) is 0.752. The summed E-state index contributed by atoms with van der Waals surface area (Å²) in [6.45, 7) is 8.15. The minimum Gasteiger partial charge on any atom is -0.366 e. The van der Waals surface area contributed by atoms with E-state index >= 15 is 0 Å². The Hall–Kier alpha value is -1.80. The van der Waals surface area contributed by atoms with Crippen molar-refractivity contribution in [3.63, 3.8) is 0 Å². The summed E-state index contributed by atoms with van der Waals surface area (Å²) in [7, 11) is 0. The maximum Gasteiger partial charge on any atom is 0.0430 e. The van der Waals surface area contributed by atoms with Crippen molar-refractivity contribution in [1.82, 2.24) is 4.90 Å². The summed E-state index contributed by atoms with van der Waals surface area (Å²) in [6, 6.07) is 21.7. The zero-order valence-corrected chi connectivity index (χ0v) is 14.9. The third-order valence-electron chi connectivity index (χ3n) is 5.01. The molecule has 0 aromatic heterocycles. The van der Waals surface area contributed by atoms with Crippen LogP contribution in [0.4, 0.5) is 5.69 Å². The fourth-order valence-electron chi connectivity index (χ4n) is 3.66. The van der Waals surface area contributed by atoms with Gasteiger partial charge in [-0.2, -0.15) is 0 Å². The molecule has 0 N–H and O–H groups in total. The number of anilines is 1. The van der Waals surface area contributed by atoms with Gasteiger partial charge in [-0.1, -0.05) is 61.9 Å². The maximum atomic E-state index is 2.67. The molecule has 0 aliphatic carbocycles. The second kappa shape index (κ2) is 8.89. The van der Waals surface area contributed by atoms with E-state index in [9.17, 15) is 0 Å². The zero-order chi connectivity index (χ0) is 16.6. The first-order chi connectivity index (χ1) is 11.8. The molecular weight excluding hydrogens is 292 g/mol. The van der Waals surface area contributed by atoms with E-state index in [1.54, 1.807) is 0 Å². The van der Waals surface area contributed by atoms with Gasteiger partial charge < -0.3 is 9.80 Å². The molecule has 0 unspecified atom stereocenters. The van der Waals surface area contributed by atoms with Crippen LogP contribution in [0, 0.1) is 5.92 Å². The molecule has 3 rings (SSSR count). The summed E-state index contributed by atoms with van der Waals surface area (Å²) in [5.74, 6) is 0.840. The molecule has 2 aromatic carbocycles. The first kappa shape index (κ1) is 17.0. The Morgan fingerprint density at radius 1 is 0.958 bits per heavy atom. The van der Waals surface area contributed by atoms with E-state index in [1.807, 2.05) is 0 Å². The highest BCUT2D eigenvalue weighted by atomic mass is 15.2. The zero-order valence-electron chi connectivity index (χ0n) is 14.9. The summed E-state index contributed by atoms with van der Waals surface area (Å²) in [4.78, 5) is 5.18. The lowest BCUT2D eigenvalue weighted by atomic mass is 10.1. The Bertz CT molecular complexity index is 581. The van der Waals surface area contributed by atoms with Crippen molar-refractivity contribution in [3.05, 3.63) is 66.2 Å². The Labute approximate surface area is 147 Å². The lowest BCUT2D eigenvalue weighted by molar-refractivity contribution is 0.261. The smallest absolute Gasteiger partial charge is 0.0430 e. The van der Waals surface area contributed by atoms with Crippen LogP contribution < -0.4 is 4.90 Å². The Balaban J connectivity index is 1.65. The largest absolute Gasteiger partial charge is 0.366 e. The van der Waals surface area contributed by atoms with E-state index in [1.165, 1.54) is 43.6 Å². The van der Waals surface area contributed by atoms with Crippen LogP contribution in [0.5, 0.6) is 0 Å². The van der Waals surface area contributed by atoms with Gasteiger partial charge in [0.25, 0.3) is 0 Å². The second-order valence-electron chi connectivity index (χ2n) is 7.14. The molecule has 2 heteroatoms. The Morgan fingerprint density at radius 3 is 2.42 bits per heavy atom. The molecule has 1 atom stereocenters. The number of benzene rings is 2. The van der Waals surface area contributed by atoms with Gasteiger partial charge in [0, 0.05) is 31.9 Å². The van der Waals surface area contributed by atoms with Crippen molar-refractivity contribution in [2.45, 2.75) is 32.7 Å². The van der Waals surface area contributed by atoms with E-state index in [4.69, 9.17) is 0 Å². The summed E-state index contributed by atoms with van der Waals surface area (Å²) < 4.78 is 0. The monoisotopic (exact) mass is 322 g/mol. The topological polar surface area (TPSA) is 6.48 Å². The van der Waals surface area contributed by atoms with Gasteiger partial charge in [0.15, 0.2) is 0 Å². The van der Waals surface area contributed by atoms with Crippen LogP contribution in [0.2, 0.25) is 0 Å². The number of hydrogen-bond acceptors (Lipinski definition) is 2. The first-order valence-electron chi connectivity index (χ1n) is 9.37. The van der Waals surface area contributed by atoms with E-state index in [-0.39, 0.29) is 0 Å². The molecule has 1 saturated heterocycles. The lowest BCUT2D eigenvalue weighted by Crippen LogP contribution is -2.36. The van der Waals surface area contributed by atoms with Crippen LogP contribution >= 0.6 is 0 Å². The van der Waals surface area contributed by atoms with Gasteiger partial charge in [-0.15, -0.1) is 0 Å². The van der Waals surface area contributed by atoms with Crippen molar-refractivity contribution in [3.8, 4) is 0 Å². The number of para-hydroxylation sites is 1. The molecule has 1 fully saturated rings. The average molecular weight is 322 g/mol. The van der Waals surface area contributed by atoms with Crippen LogP contribution in [-0.2, 0) is 6.54 Å². The maximum absolute atomic E-state index is 2.67. The van der Waals surface area contributed by atoms with Crippen LogP contribution in [0.3, 0.4) is 0 Å². The molecule has 0 spiro atoms. The summed E-state index contributed by atoms with van der Waals surface area (Å²) >= 11 is 0. The van der Waals surface area contributed by atoms with Crippen molar-refractivity contribution >= 4 is 5.69 Å². The van der Waals surface area contributed by atoms with E-state index in [0.29, 0.717) is 0 Å². The molecule has 24 heavy (non-hydrogen) atoms. The van der Waals surface area contributed by atoms with Crippen LogP contribution in [0.1, 0.15) is 31.7 Å². The first-order valence-corrected chi connectivity index (χ1v) is 9.37. The van der Waals surface area contributed by atoms with E-state index < -0.39 is 0 Å². The molecule has 1 aliphatic heterocycles. The van der Waals surface area contributed by atoms with Crippen molar-refractivity contribution in [2.75, 3.05) is 31.1 Å². The summed E-state index contributed by atoms with van der Waals surface area (Å²) in [5, 5.41) is 0. The third kappa shape index (κ3) is 5.10. The van der Waals surface area contributed by atoms with Gasteiger partial charge in [0.2, 0.25) is 0 Å². The van der Waals surface area contributed by atoms with Crippen LogP contribution in [-0.4, -0.2) is 31.1 Å². The molecule has 0 bridgehead atoms. The van der Waals surface area contributed by atoms with Gasteiger partial charge in [-0.3, -0.25) is 0 Å². The molecule has 0 amide bonds. The van der Waals surface area contributed by atoms with Gasteiger partial charge in [-0.25, -0.2) is 0 Å². The normalized spacial score (nSPS) is 19.0. The molecule has 0 saturated carbocycles. The molecule has 128 valence electrons. The van der Waals surface area contributed by atoms with Crippen LogP contribution in [0.25, 0.3) is 0 Å². The van der Waals surface area contributed by atoms with E-state index in [0.717, 1.165) is 25.6 Å². The number of hydrogen-bond donors (Lipinski definition) is 0. The fourth-order valence-corrected chi connectivity index (χ4v) is 3.66. The van der Waals surface area contributed by atoms with Crippen molar-refractivity contribution in [1.29, 1.82) is 0 Å². The highest BCUT2D eigenvalue weighted by Crippen LogP contribution is 2.19. The molecular formula is C22H30N2. The van der Waals surface area contributed by atoms with Gasteiger partial charge in [-0.05, 0) is 43.0 Å². The number of nitrogens with zero attached hydrogens (tertiary/aromatic N) is 2. The summed E-state index contributed by atoms with van der Waals surface area (Å²) in [5.41, 5.74) is 2.70. The standard InChI is InChI=1S/C22H30N2/c1-20-10-8-9-15-23(18-20)16-17-24(22-13-6-3-7-14-22)19-21-11-4-2-5-12-21/h2-7,11-14,20H,8-10,15-19H2,1H3/t20-/m1/s1. The highest BCUT2D eigenvalue weighted by Gasteiger charge is 2.16. The molecule has 1 aliphatic rings. The lowest BCUT2D eigenvalue weighted by Gasteiger charge is -2.29. The van der Waals surface area contributed by atoms with Crippen molar-refractivity contribution < 1.29 is 0 Å². The molecule has 2 aromatic rings. The Morgan fingerprint density at radius 2 is 1.67 bits per heavy atom.